The summed E-state index contributed by atoms with van der Waals surface area (Å²) in [5.74, 6) is 0. The first kappa shape index (κ1) is 16.0. The number of hydrogen-bond donors (Lipinski definition) is 0. The molecule has 3 heteroatoms. The molecule has 0 fully saturated rings. The van der Waals surface area contributed by atoms with Crippen LogP contribution in [0, 0.1) is 0 Å². The summed E-state index contributed by atoms with van der Waals surface area (Å²) in [6, 6.07) is 0. The van der Waals surface area contributed by atoms with Crippen LogP contribution in [-0.2, 0) is 16.8 Å². The molecule has 4 heavy (non-hydrogen) atoms. The third kappa shape index (κ3) is 8.82. The second-order valence-electron chi connectivity index (χ2n) is 0. The topological polar surface area (TPSA) is 0 Å². The van der Waals surface area contributed by atoms with E-state index in [9.17, 15) is 0 Å². The van der Waals surface area contributed by atoms with Crippen molar-refractivity contribution in [2.24, 2.45) is 0 Å². The average molecular weight is 147 g/mol. The molecule has 0 aliphatic carbocycles. The molecular formula is CH6CoKP. The molecule has 1 unspecified atom stereocenters. The van der Waals surface area contributed by atoms with Gasteiger partial charge >= 0.3 is 51.4 Å². The van der Waals surface area contributed by atoms with Gasteiger partial charge in [0.1, 0.15) is 0 Å². The molecule has 0 nitrogen and oxygen atoms in total. The monoisotopic (exact) mass is 147 g/mol. The molecule has 1 atom stereocenters. The van der Waals surface area contributed by atoms with Crippen molar-refractivity contribution in [3.8, 4) is 0 Å². The summed E-state index contributed by atoms with van der Waals surface area (Å²) in [5.41, 5.74) is 0. The number of hydrogen-bond acceptors (Lipinski definition) is 0. The van der Waals surface area contributed by atoms with E-state index in [-0.39, 0.29) is 68.2 Å². The average Bonchev–Trinajstić information content (AvgIpc) is 1.00. The van der Waals surface area contributed by atoms with Crippen LogP contribution in [0.4, 0.5) is 0 Å². The van der Waals surface area contributed by atoms with Crippen LogP contribution >= 0.6 is 9.24 Å². The molecule has 25 valence electrons. The molecule has 0 bridgehead atoms. The second-order valence-corrected chi connectivity index (χ2v) is 0. The second kappa shape index (κ2) is 17.6. The van der Waals surface area contributed by atoms with E-state index in [1.54, 1.807) is 0 Å². The molecular weight excluding hydrogens is 141 g/mol. The van der Waals surface area contributed by atoms with Gasteiger partial charge in [0.15, 0.2) is 0 Å². The van der Waals surface area contributed by atoms with Gasteiger partial charge in [0.25, 0.3) is 0 Å². The van der Waals surface area contributed by atoms with Gasteiger partial charge in [-0.05, 0) is 0 Å². The summed E-state index contributed by atoms with van der Waals surface area (Å²) in [7, 11) is 2.42. The van der Waals surface area contributed by atoms with E-state index in [0.29, 0.717) is 0 Å². The van der Waals surface area contributed by atoms with Crippen molar-refractivity contribution in [3.05, 3.63) is 0 Å². The molecule has 1 radical (unpaired) electrons. The summed E-state index contributed by atoms with van der Waals surface area (Å²) in [6.07, 6.45) is 0. The van der Waals surface area contributed by atoms with Crippen molar-refractivity contribution in [3.63, 3.8) is 0 Å². The Morgan fingerprint density at radius 1 is 1.25 bits per heavy atom. The molecule has 0 rings (SSSR count). The maximum absolute atomic E-state index is 2.42. The predicted octanol–water partition coefficient (Wildman–Crippen LogP) is -0.160. The van der Waals surface area contributed by atoms with E-state index < -0.39 is 0 Å². The summed E-state index contributed by atoms with van der Waals surface area (Å²) < 4.78 is 0. The van der Waals surface area contributed by atoms with Crippen LogP contribution in [0.3, 0.4) is 0 Å². The van der Waals surface area contributed by atoms with Gasteiger partial charge in [0, 0.05) is 16.8 Å². The van der Waals surface area contributed by atoms with Gasteiger partial charge in [0.05, 0.1) is 0 Å². The summed E-state index contributed by atoms with van der Waals surface area (Å²) >= 11 is 0. The molecule has 0 saturated carbocycles. The normalized spacial score (nSPS) is 1.50. The van der Waals surface area contributed by atoms with Gasteiger partial charge in [0.2, 0.25) is 0 Å². The van der Waals surface area contributed by atoms with E-state index in [2.05, 4.69) is 9.24 Å². The van der Waals surface area contributed by atoms with Crippen molar-refractivity contribution in [1.82, 2.24) is 0 Å². The molecule has 0 N–H and O–H groups in total. The summed E-state index contributed by atoms with van der Waals surface area (Å²) in [5, 5.41) is 0. The van der Waals surface area contributed by atoms with Gasteiger partial charge in [-0.25, -0.2) is 0 Å². The Kier molecular flexibility index (Phi) is 70.4. The third-order valence-electron chi connectivity index (χ3n) is 0. The minimum absolute atomic E-state index is 0. The van der Waals surface area contributed by atoms with Gasteiger partial charge in [-0.3, -0.25) is 0 Å². The molecule has 0 spiro atoms. The third-order valence-corrected chi connectivity index (χ3v) is 0. The van der Waals surface area contributed by atoms with Crippen LogP contribution in [-0.4, -0.2) is 58.0 Å². The first-order chi connectivity index (χ1) is 1.00. The Bertz CT molecular complexity index is 8.00. The standard InChI is InChI=1S/CH5P.Co.K.H/c1-2;;;/h2H2,1H3;;;. The zero-order valence-electron chi connectivity index (χ0n) is 1.91. The van der Waals surface area contributed by atoms with Gasteiger partial charge in [-0.15, -0.1) is 9.24 Å². The fourth-order valence-corrected chi connectivity index (χ4v) is 0. The number of rotatable bonds is 0. The first-order valence-electron chi connectivity index (χ1n) is 0.577. The fourth-order valence-electron chi connectivity index (χ4n) is 0. The Morgan fingerprint density at radius 3 is 1.25 bits per heavy atom. The Morgan fingerprint density at radius 2 is 1.25 bits per heavy atom. The molecule has 0 aromatic heterocycles. The summed E-state index contributed by atoms with van der Waals surface area (Å²) in [4.78, 5) is 0. The molecule has 0 aromatic carbocycles. The minimum atomic E-state index is 0. The predicted molar refractivity (Wildman–Crippen MR) is 22.8 cm³/mol. The molecule has 0 aromatic rings. The van der Waals surface area contributed by atoms with Crippen LogP contribution in [0.1, 0.15) is 0 Å². The van der Waals surface area contributed by atoms with Crippen LogP contribution in [0.5, 0.6) is 0 Å². The SMILES string of the molecule is CP.[Co].[KH]. The maximum atomic E-state index is 2.42. The van der Waals surface area contributed by atoms with Crippen molar-refractivity contribution in [1.29, 1.82) is 0 Å². The van der Waals surface area contributed by atoms with Crippen LogP contribution in [0.25, 0.3) is 0 Å². The van der Waals surface area contributed by atoms with Crippen molar-refractivity contribution >= 4 is 60.6 Å². The Labute approximate surface area is 82.3 Å². The summed E-state index contributed by atoms with van der Waals surface area (Å²) in [6.45, 7) is 1.92. The van der Waals surface area contributed by atoms with Crippen LogP contribution in [0.2, 0.25) is 0 Å². The van der Waals surface area contributed by atoms with Gasteiger partial charge < -0.3 is 0 Å². The van der Waals surface area contributed by atoms with E-state index in [1.165, 1.54) is 0 Å². The fraction of sp³-hybridized carbons (Fsp3) is 1.00. The Hall–Kier alpha value is 2.57. The zero-order valence-corrected chi connectivity index (χ0v) is 4.11. The van der Waals surface area contributed by atoms with Crippen molar-refractivity contribution in [2.45, 2.75) is 0 Å². The first-order valence-corrected chi connectivity index (χ1v) is 1.73. The van der Waals surface area contributed by atoms with E-state index in [1.807, 2.05) is 6.66 Å². The molecule has 0 saturated heterocycles. The van der Waals surface area contributed by atoms with Gasteiger partial charge in [-0.2, -0.15) is 0 Å². The van der Waals surface area contributed by atoms with Crippen molar-refractivity contribution in [2.75, 3.05) is 6.66 Å². The van der Waals surface area contributed by atoms with Crippen molar-refractivity contribution < 1.29 is 16.8 Å². The molecule has 0 aliphatic rings. The van der Waals surface area contributed by atoms with E-state index in [0.717, 1.165) is 0 Å². The zero-order chi connectivity index (χ0) is 2.00. The molecule has 0 aliphatic heterocycles. The van der Waals surface area contributed by atoms with Crippen LogP contribution < -0.4 is 0 Å². The van der Waals surface area contributed by atoms with Gasteiger partial charge in [-0.1, -0.05) is 6.66 Å². The quantitative estimate of drug-likeness (QED) is 0.330. The van der Waals surface area contributed by atoms with Crippen LogP contribution in [0.15, 0.2) is 0 Å². The Balaban J connectivity index is -0.00000000500. The molecule has 0 amide bonds. The molecule has 0 heterocycles. The van der Waals surface area contributed by atoms with E-state index >= 15 is 0 Å². The van der Waals surface area contributed by atoms with E-state index in [4.69, 9.17) is 0 Å².